The van der Waals surface area contributed by atoms with Gasteiger partial charge in [0.2, 0.25) is 5.43 Å². The standard InChI is InChI=1S/C20H17BrN2O2/c1-11-4-3-5-15(6-11)22-20(25)17-10-23-12(2)7-13-8-14(21)9-16(18(13)23)19(17)24/h3-6,8-10,12H,7H2,1-2H3,(H,22,25)/t12-/m0/s1. The third-order valence-corrected chi connectivity index (χ3v) is 5.14. The first-order valence-electron chi connectivity index (χ1n) is 8.19. The second-order valence-electron chi connectivity index (χ2n) is 6.62. The zero-order valence-corrected chi connectivity index (χ0v) is 15.6. The molecule has 126 valence electrons. The zero-order valence-electron chi connectivity index (χ0n) is 14.0. The number of amides is 1. The van der Waals surface area contributed by atoms with Gasteiger partial charge in [0.25, 0.3) is 5.91 Å². The minimum Gasteiger partial charge on any atom is -0.343 e. The highest BCUT2D eigenvalue weighted by Crippen LogP contribution is 2.33. The Labute approximate surface area is 153 Å². The second-order valence-corrected chi connectivity index (χ2v) is 7.53. The summed E-state index contributed by atoms with van der Waals surface area (Å²) in [6.45, 7) is 4.06. The first-order valence-corrected chi connectivity index (χ1v) is 8.98. The summed E-state index contributed by atoms with van der Waals surface area (Å²) in [5.41, 5.74) is 3.76. The molecule has 3 aromatic rings. The molecule has 4 nitrogen and oxygen atoms in total. The van der Waals surface area contributed by atoms with Crippen LogP contribution < -0.4 is 10.7 Å². The molecular formula is C20H17BrN2O2. The summed E-state index contributed by atoms with van der Waals surface area (Å²) < 4.78 is 2.91. The van der Waals surface area contributed by atoms with Gasteiger partial charge >= 0.3 is 0 Å². The highest BCUT2D eigenvalue weighted by atomic mass is 79.9. The van der Waals surface area contributed by atoms with Gasteiger partial charge in [-0.3, -0.25) is 9.59 Å². The fraction of sp³-hybridized carbons (Fsp3) is 0.200. The quantitative estimate of drug-likeness (QED) is 0.695. The summed E-state index contributed by atoms with van der Waals surface area (Å²) in [5, 5.41) is 3.43. The molecule has 0 saturated carbocycles. The van der Waals surface area contributed by atoms with Gasteiger partial charge in [0.15, 0.2) is 0 Å². The molecule has 0 aliphatic carbocycles. The van der Waals surface area contributed by atoms with Crippen molar-refractivity contribution in [1.82, 2.24) is 4.57 Å². The number of halogens is 1. The van der Waals surface area contributed by atoms with E-state index in [0.717, 1.165) is 27.5 Å². The van der Waals surface area contributed by atoms with Crippen LogP contribution in [0.1, 0.15) is 34.5 Å². The number of anilines is 1. The fourth-order valence-electron chi connectivity index (χ4n) is 3.54. The number of aromatic nitrogens is 1. The Morgan fingerprint density at radius 2 is 2.08 bits per heavy atom. The normalized spacial score (nSPS) is 15.6. The second kappa shape index (κ2) is 5.85. The molecule has 1 atom stereocenters. The molecule has 2 heterocycles. The maximum Gasteiger partial charge on any atom is 0.261 e. The molecule has 0 bridgehead atoms. The Balaban J connectivity index is 1.85. The molecule has 2 aromatic carbocycles. The lowest BCUT2D eigenvalue weighted by Gasteiger charge is -2.13. The van der Waals surface area contributed by atoms with Crippen LogP contribution in [0, 0.1) is 6.92 Å². The van der Waals surface area contributed by atoms with E-state index in [1.807, 2.05) is 41.8 Å². The van der Waals surface area contributed by atoms with Crippen molar-refractivity contribution >= 4 is 38.4 Å². The third-order valence-electron chi connectivity index (χ3n) is 4.68. The summed E-state index contributed by atoms with van der Waals surface area (Å²) >= 11 is 3.48. The van der Waals surface area contributed by atoms with Crippen molar-refractivity contribution in [1.29, 1.82) is 0 Å². The van der Waals surface area contributed by atoms with E-state index in [-0.39, 0.29) is 22.9 Å². The molecule has 1 aliphatic rings. The molecule has 1 N–H and O–H groups in total. The molecule has 0 saturated heterocycles. The van der Waals surface area contributed by atoms with Gasteiger partial charge in [-0.2, -0.15) is 0 Å². The van der Waals surface area contributed by atoms with E-state index in [2.05, 4.69) is 28.2 Å². The van der Waals surface area contributed by atoms with Crippen LogP contribution in [-0.4, -0.2) is 10.5 Å². The van der Waals surface area contributed by atoms with Crippen LogP contribution in [0.25, 0.3) is 10.9 Å². The van der Waals surface area contributed by atoms with Crippen LogP contribution in [0.5, 0.6) is 0 Å². The number of hydrogen-bond acceptors (Lipinski definition) is 2. The Hall–Kier alpha value is -2.40. The van der Waals surface area contributed by atoms with E-state index in [0.29, 0.717) is 11.1 Å². The van der Waals surface area contributed by atoms with E-state index >= 15 is 0 Å². The lowest BCUT2D eigenvalue weighted by molar-refractivity contribution is 0.102. The molecule has 0 spiro atoms. The molecule has 1 amide bonds. The van der Waals surface area contributed by atoms with E-state index < -0.39 is 0 Å². The van der Waals surface area contributed by atoms with Crippen LogP contribution in [0.2, 0.25) is 0 Å². The molecule has 0 fully saturated rings. The maximum absolute atomic E-state index is 12.9. The van der Waals surface area contributed by atoms with E-state index in [1.165, 1.54) is 0 Å². The summed E-state index contributed by atoms with van der Waals surface area (Å²) in [6.07, 6.45) is 2.56. The number of benzene rings is 2. The van der Waals surface area contributed by atoms with Crippen LogP contribution in [0.4, 0.5) is 5.69 Å². The van der Waals surface area contributed by atoms with Crippen molar-refractivity contribution in [2.75, 3.05) is 5.32 Å². The lowest BCUT2D eigenvalue weighted by Crippen LogP contribution is -2.23. The monoisotopic (exact) mass is 396 g/mol. The number of hydrogen-bond donors (Lipinski definition) is 1. The number of aryl methyl sites for hydroxylation is 1. The van der Waals surface area contributed by atoms with Crippen molar-refractivity contribution in [3.05, 3.63) is 74.0 Å². The Bertz CT molecular complexity index is 1080. The lowest BCUT2D eigenvalue weighted by atomic mass is 10.1. The SMILES string of the molecule is Cc1cccc(NC(=O)c2cn3c4c(cc(Br)cc4c2=O)C[C@@H]3C)c1. The zero-order chi connectivity index (χ0) is 17.7. The topological polar surface area (TPSA) is 51.1 Å². The van der Waals surface area contributed by atoms with E-state index in [9.17, 15) is 9.59 Å². The minimum absolute atomic E-state index is 0.173. The third kappa shape index (κ3) is 2.68. The largest absolute Gasteiger partial charge is 0.343 e. The van der Waals surface area contributed by atoms with Crippen LogP contribution in [0.15, 0.2) is 51.9 Å². The smallest absolute Gasteiger partial charge is 0.261 e. The van der Waals surface area contributed by atoms with E-state index in [4.69, 9.17) is 0 Å². The number of carbonyl (C=O) groups is 1. The predicted octanol–water partition coefficient (Wildman–Crippen LogP) is 4.44. The Kier molecular flexibility index (Phi) is 3.76. The van der Waals surface area contributed by atoms with Crippen LogP contribution in [-0.2, 0) is 6.42 Å². The van der Waals surface area contributed by atoms with Gasteiger partial charge in [-0.05, 0) is 55.7 Å². The molecule has 5 heteroatoms. The molecule has 1 aromatic heterocycles. The first-order chi connectivity index (χ1) is 11.9. The molecule has 4 rings (SSSR count). The molecule has 1 aliphatic heterocycles. The predicted molar refractivity (Wildman–Crippen MR) is 103 cm³/mol. The van der Waals surface area contributed by atoms with Crippen molar-refractivity contribution < 1.29 is 4.79 Å². The van der Waals surface area contributed by atoms with Gasteiger partial charge in [-0.25, -0.2) is 0 Å². The summed E-state index contributed by atoms with van der Waals surface area (Å²) in [4.78, 5) is 25.7. The first kappa shape index (κ1) is 16.1. The van der Waals surface area contributed by atoms with Crippen molar-refractivity contribution in [2.45, 2.75) is 26.3 Å². The Morgan fingerprint density at radius 1 is 1.28 bits per heavy atom. The summed E-state index contributed by atoms with van der Waals surface area (Å²) in [5.74, 6) is -0.373. The molecular weight excluding hydrogens is 380 g/mol. The van der Waals surface area contributed by atoms with Crippen molar-refractivity contribution in [3.63, 3.8) is 0 Å². The van der Waals surface area contributed by atoms with Crippen molar-refractivity contribution in [3.8, 4) is 0 Å². The van der Waals surface area contributed by atoms with Crippen LogP contribution in [0.3, 0.4) is 0 Å². The number of nitrogens with zero attached hydrogens (tertiary/aromatic N) is 1. The van der Waals surface area contributed by atoms with Gasteiger partial charge < -0.3 is 9.88 Å². The van der Waals surface area contributed by atoms with E-state index in [1.54, 1.807) is 12.3 Å². The highest BCUT2D eigenvalue weighted by molar-refractivity contribution is 9.10. The number of rotatable bonds is 2. The van der Waals surface area contributed by atoms with Crippen molar-refractivity contribution in [2.24, 2.45) is 0 Å². The average molecular weight is 397 g/mol. The average Bonchev–Trinajstić information content (AvgIpc) is 2.86. The minimum atomic E-state index is -0.373. The molecule has 0 unspecified atom stereocenters. The number of carbonyl (C=O) groups excluding carboxylic acids is 1. The van der Waals surface area contributed by atoms with Gasteiger partial charge in [-0.15, -0.1) is 0 Å². The van der Waals surface area contributed by atoms with Gasteiger partial charge in [0.05, 0.1) is 5.52 Å². The fourth-order valence-corrected chi connectivity index (χ4v) is 4.05. The number of nitrogens with one attached hydrogen (secondary N) is 1. The highest BCUT2D eigenvalue weighted by Gasteiger charge is 2.25. The van der Waals surface area contributed by atoms with Gasteiger partial charge in [-0.1, -0.05) is 28.1 Å². The van der Waals surface area contributed by atoms with Gasteiger partial charge in [0, 0.05) is 27.8 Å². The maximum atomic E-state index is 12.9. The Morgan fingerprint density at radius 3 is 2.84 bits per heavy atom. The van der Waals surface area contributed by atoms with Crippen LogP contribution >= 0.6 is 15.9 Å². The van der Waals surface area contributed by atoms with Gasteiger partial charge in [0.1, 0.15) is 5.56 Å². The molecule has 25 heavy (non-hydrogen) atoms. The summed E-state index contributed by atoms with van der Waals surface area (Å²) in [6, 6.07) is 11.6. The summed E-state index contributed by atoms with van der Waals surface area (Å²) in [7, 11) is 0. The molecule has 0 radical (unpaired) electrons. The number of pyridine rings is 1.